The minimum absolute atomic E-state index is 0.208. The second-order valence-electron chi connectivity index (χ2n) is 4.77. The van der Waals surface area contributed by atoms with E-state index in [9.17, 15) is 18.0 Å². The van der Waals surface area contributed by atoms with Crippen LogP contribution >= 0.6 is 0 Å². The van der Waals surface area contributed by atoms with Gasteiger partial charge in [0.2, 0.25) is 5.82 Å². The van der Waals surface area contributed by atoms with Crippen molar-refractivity contribution in [2.45, 2.75) is 25.7 Å². The van der Waals surface area contributed by atoms with Gasteiger partial charge in [-0.3, -0.25) is 9.69 Å². The van der Waals surface area contributed by atoms with Gasteiger partial charge >= 0.3 is 6.18 Å². The number of aromatic nitrogens is 3. The third-order valence-corrected chi connectivity index (χ3v) is 3.28. The second-order valence-corrected chi connectivity index (χ2v) is 4.77. The Kier molecular flexibility index (Phi) is 3.28. The molecule has 0 fully saturated rings. The van der Waals surface area contributed by atoms with Crippen molar-refractivity contribution in [2.24, 2.45) is 0 Å². The summed E-state index contributed by atoms with van der Waals surface area (Å²) in [6.07, 6.45) is -1.50. The smallest absolute Gasteiger partial charge is 0.447 e. The van der Waals surface area contributed by atoms with Crippen LogP contribution in [-0.4, -0.2) is 26.4 Å². The summed E-state index contributed by atoms with van der Waals surface area (Å²) in [5, 5.41) is 0. The number of oxazole rings is 1. The third-order valence-electron chi connectivity index (χ3n) is 3.28. The molecule has 0 saturated carbocycles. The molecule has 112 valence electrons. The molecule has 6 nitrogen and oxygen atoms in total. The molecule has 2 aromatic heterocycles. The van der Waals surface area contributed by atoms with E-state index in [4.69, 9.17) is 4.42 Å². The van der Waals surface area contributed by atoms with Gasteiger partial charge in [-0.1, -0.05) is 0 Å². The zero-order chi connectivity index (χ0) is 15.0. The normalized spacial score (nSPS) is 16.0. The molecule has 0 spiro atoms. The summed E-state index contributed by atoms with van der Waals surface area (Å²) in [5.74, 6) is -0.607. The first-order valence-corrected chi connectivity index (χ1v) is 6.22. The molecule has 0 saturated heterocycles. The Labute approximate surface area is 116 Å². The first-order valence-electron chi connectivity index (χ1n) is 6.22. The lowest BCUT2D eigenvalue weighted by atomic mass is 10.1. The van der Waals surface area contributed by atoms with Crippen LogP contribution in [0, 0.1) is 0 Å². The van der Waals surface area contributed by atoms with Gasteiger partial charge < -0.3 is 9.40 Å². The molecule has 1 aliphatic rings. The van der Waals surface area contributed by atoms with Crippen LogP contribution in [0.4, 0.5) is 13.2 Å². The van der Waals surface area contributed by atoms with Gasteiger partial charge in [-0.15, -0.1) is 0 Å². The molecule has 0 aromatic carbocycles. The number of hydrogen-bond acceptors (Lipinski definition) is 5. The molecule has 3 rings (SSSR count). The fraction of sp³-hybridized carbons (Fsp3) is 0.417. The van der Waals surface area contributed by atoms with E-state index in [1.54, 1.807) is 11.2 Å². The molecule has 9 heteroatoms. The highest BCUT2D eigenvalue weighted by Gasteiger charge is 2.35. The maximum Gasteiger partial charge on any atom is 0.449 e. The monoisotopic (exact) mass is 300 g/mol. The average Bonchev–Trinajstić information content (AvgIpc) is 2.91. The molecule has 21 heavy (non-hydrogen) atoms. The topological polar surface area (TPSA) is 75.0 Å². The summed E-state index contributed by atoms with van der Waals surface area (Å²) in [6, 6.07) is 0. The minimum atomic E-state index is -4.65. The summed E-state index contributed by atoms with van der Waals surface area (Å²) in [4.78, 5) is 22.8. The maximum absolute atomic E-state index is 12.6. The van der Waals surface area contributed by atoms with Crippen molar-refractivity contribution in [3.05, 3.63) is 45.8 Å². The number of rotatable bonds is 2. The molecule has 0 atom stereocenters. The van der Waals surface area contributed by atoms with Crippen LogP contribution in [-0.2, 0) is 25.7 Å². The Morgan fingerprint density at radius 2 is 2.24 bits per heavy atom. The van der Waals surface area contributed by atoms with Gasteiger partial charge in [-0.05, 0) is 0 Å². The molecule has 0 bridgehead atoms. The van der Waals surface area contributed by atoms with E-state index in [0.717, 1.165) is 0 Å². The maximum atomic E-state index is 12.6. The van der Waals surface area contributed by atoms with E-state index in [-0.39, 0.29) is 24.2 Å². The number of hydrogen-bond donors (Lipinski definition) is 1. The summed E-state index contributed by atoms with van der Waals surface area (Å²) in [6.45, 7) is 1.18. The van der Waals surface area contributed by atoms with Crippen molar-refractivity contribution in [1.29, 1.82) is 0 Å². The molecule has 0 amide bonds. The Hall–Kier alpha value is -2.16. The van der Waals surface area contributed by atoms with Crippen molar-refractivity contribution < 1.29 is 17.6 Å². The van der Waals surface area contributed by atoms with E-state index >= 15 is 0 Å². The zero-order valence-electron chi connectivity index (χ0n) is 10.8. The molecule has 0 unspecified atom stereocenters. The van der Waals surface area contributed by atoms with Gasteiger partial charge in [-0.25, -0.2) is 9.97 Å². The highest BCUT2D eigenvalue weighted by molar-refractivity contribution is 5.21. The van der Waals surface area contributed by atoms with Crippen LogP contribution in [0.15, 0.2) is 21.8 Å². The quantitative estimate of drug-likeness (QED) is 0.905. The highest BCUT2D eigenvalue weighted by Crippen LogP contribution is 2.26. The zero-order valence-corrected chi connectivity index (χ0v) is 10.8. The minimum Gasteiger partial charge on any atom is -0.447 e. The third kappa shape index (κ3) is 2.82. The number of H-pyrrole nitrogens is 1. The fourth-order valence-corrected chi connectivity index (χ4v) is 2.29. The molecule has 0 aliphatic carbocycles. The van der Waals surface area contributed by atoms with E-state index in [2.05, 4.69) is 9.97 Å². The molecule has 1 aliphatic heterocycles. The summed E-state index contributed by atoms with van der Waals surface area (Å²) >= 11 is 0. The molecule has 2 aromatic rings. The number of fused-ring (bicyclic) bond motifs is 1. The van der Waals surface area contributed by atoms with Crippen LogP contribution in [0.3, 0.4) is 0 Å². The van der Waals surface area contributed by atoms with Crippen molar-refractivity contribution in [3.63, 3.8) is 0 Å². The summed E-state index contributed by atoms with van der Waals surface area (Å²) < 4.78 is 42.9. The van der Waals surface area contributed by atoms with E-state index in [0.29, 0.717) is 18.8 Å². The molecule has 1 N–H and O–H groups in total. The van der Waals surface area contributed by atoms with Gasteiger partial charge in [0.15, 0.2) is 6.39 Å². The van der Waals surface area contributed by atoms with Crippen molar-refractivity contribution >= 4 is 0 Å². The SMILES string of the molecule is O=c1[nH]c(C(F)(F)F)nc2c1CN(Cc1cnco1)CC2. The number of nitrogens with zero attached hydrogens (tertiary/aromatic N) is 3. The van der Waals surface area contributed by atoms with Gasteiger partial charge in [0.25, 0.3) is 5.56 Å². The lowest BCUT2D eigenvalue weighted by molar-refractivity contribution is -0.145. The highest BCUT2D eigenvalue weighted by atomic mass is 19.4. The lowest BCUT2D eigenvalue weighted by Gasteiger charge is -2.26. The van der Waals surface area contributed by atoms with Crippen LogP contribution in [0.25, 0.3) is 0 Å². The number of halogens is 3. The van der Waals surface area contributed by atoms with E-state index < -0.39 is 17.6 Å². The Morgan fingerprint density at radius 1 is 1.43 bits per heavy atom. The predicted molar refractivity (Wildman–Crippen MR) is 64.2 cm³/mol. The van der Waals surface area contributed by atoms with Gasteiger partial charge in [0, 0.05) is 19.5 Å². The van der Waals surface area contributed by atoms with Gasteiger partial charge in [-0.2, -0.15) is 13.2 Å². The largest absolute Gasteiger partial charge is 0.449 e. The van der Waals surface area contributed by atoms with Crippen molar-refractivity contribution in [1.82, 2.24) is 19.9 Å². The van der Waals surface area contributed by atoms with Crippen LogP contribution < -0.4 is 5.56 Å². The first kappa shape index (κ1) is 13.8. The number of alkyl halides is 3. The van der Waals surface area contributed by atoms with Crippen LogP contribution in [0.5, 0.6) is 0 Å². The molecular formula is C12H11F3N4O2. The van der Waals surface area contributed by atoms with Crippen molar-refractivity contribution in [2.75, 3.05) is 6.54 Å². The molecule has 0 radical (unpaired) electrons. The predicted octanol–water partition coefficient (Wildman–Crippen LogP) is 1.33. The van der Waals surface area contributed by atoms with Gasteiger partial charge in [0.1, 0.15) is 5.76 Å². The van der Waals surface area contributed by atoms with Gasteiger partial charge in [0.05, 0.1) is 24.0 Å². The number of aromatic amines is 1. The summed E-state index contributed by atoms with van der Waals surface area (Å²) in [5.41, 5.74) is -0.261. The second kappa shape index (κ2) is 4.99. The van der Waals surface area contributed by atoms with Crippen LogP contribution in [0.1, 0.15) is 22.8 Å². The Bertz CT molecular complexity index is 694. The summed E-state index contributed by atoms with van der Waals surface area (Å²) in [7, 11) is 0. The van der Waals surface area contributed by atoms with E-state index in [1.807, 2.05) is 4.90 Å². The van der Waals surface area contributed by atoms with Crippen molar-refractivity contribution in [3.8, 4) is 0 Å². The lowest BCUT2D eigenvalue weighted by Crippen LogP contribution is -2.36. The Morgan fingerprint density at radius 3 is 2.90 bits per heavy atom. The van der Waals surface area contributed by atoms with Crippen LogP contribution in [0.2, 0.25) is 0 Å². The first-order chi connectivity index (χ1) is 9.93. The Balaban J connectivity index is 1.85. The fourth-order valence-electron chi connectivity index (χ4n) is 2.29. The van der Waals surface area contributed by atoms with E-state index in [1.165, 1.54) is 6.39 Å². The number of nitrogens with one attached hydrogen (secondary N) is 1. The standard InChI is InChI=1S/C12H11F3N4O2/c13-12(14,15)11-17-9-1-2-19(4-7-3-16-6-21-7)5-8(9)10(20)18-11/h3,6H,1-2,4-5H2,(H,17,18,20). The molecule has 3 heterocycles. The molecular weight excluding hydrogens is 289 g/mol. The average molecular weight is 300 g/mol.